The molecule has 2 aromatic carbocycles. The summed E-state index contributed by atoms with van der Waals surface area (Å²) in [6, 6.07) is 21.9. The van der Waals surface area contributed by atoms with Crippen molar-refractivity contribution in [3.05, 3.63) is 73.0 Å². The summed E-state index contributed by atoms with van der Waals surface area (Å²) in [5.41, 5.74) is 3.78. The summed E-state index contributed by atoms with van der Waals surface area (Å²) in [4.78, 5) is 17.3. The maximum atomic E-state index is 12.4. The molecule has 0 saturated carbocycles. The van der Waals surface area contributed by atoms with E-state index in [0.29, 0.717) is 16.9 Å². The number of carbonyl (C=O) groups excluding carboxylic acids is 1. The Balaban J connectivity index is 1.52. The van der Waals surface area contributed by atoms with Crippen LogP contribution in [0, 0.1) is 5.92 Å². The molecule has 36 heavy (non-hydrogen) atoms. The topological polar surface area (TPSA) is 98.7 Å². The molecule has 0 atom stereocenters. The predicted octanol–water partition coefficient (Wildman–Crippen LogP) is 5.93. The number of pyridine rings is 1. The van der Waals surface area contributed by atoms with Crippen LogP contribution in [0.1, 0.15) is 20.3 Å². The van der Waals surface area contributed by atoms with Crippen LogP contribution in [-0.4, -0.2) is 36.6 Å². The Hall–Kier alpha value is -3.98. The normalized spacial score (nSPS) is 11.3. The Bertz CT molecular complexity index is 1460. The van der Waals surface area contributed by atoms with Gasteiger partial charge in [-0.2, -0.15) is 0 Å². The SMILES string of the molecule is CC(C)CCn1c(SCC(=O)Nc2ccon2)nnc1-c1cc(-c2ccccc2)nc2ccccc12. The second kappa shape index (κ2) is 10.7. The highest BCUT2D eigenvalue weighted by atomic mass is 32.2. The summed E-state index contributed by atoms with van der Waals surface area (Å²) in [7, 11) is 0. The van der Waals surface area contributed by atoms with Crippen molar-refractivity contribution in [2.45, 2.75) is 32.0 Å². The van der Waals surface area contributed by atoms with Crippen molar-refractivity contribution in [3.63, 3.8) is 0 Å². The quantitative estimate of drug-likeness (QED) is 0.252. The average Bonchev–Trinajstić information content (AvgIpc) is 3.55. The first-order valence-corrected chi connectivity index (χ1v) is 12.8. The molecule has 8 nitrogen and oxygen atoms in total. The number of carbonyl (C=O) groups is 1. The lowest BCUT2D eigenvalue weighted by Crippen LogP contribution is -2.15. The van der Waals surface area contributed by atoms with Crippen LogP contribution in [0.2, 0.25) is 0 Å². The minimum Gasteiger partial charge on any atom is -0.363 e. The number of amides is 1. The average molecular weight is 499 g/mol. The Morgan fingerprint density at radius 2 is 1.86 bits per heavy atom. The monoisotopic (exact) mass is 498 g/mol. The molecule has 0 aliphatic heterocycles. The van der Waals surface area contributed by atoms with E-state index in [2.05, 4.69) is 63.4 Å². The van der Waals surface area contributed by atoms with Crippen molar-refractivity contribution in [2.75, 3.05) is 11.1 Å². The van der Waals surface area contributed by atoms with E-state index in [4.69, 9.17) is 9.51 Å². The second-order valence-corrected chi connectivity index (χ2v) is 9.74. The molecule has 1 amide bonds. The molecule has 0 unspecified atom stereocenters. The van der Waals surface area contributed by atoms with Crippen molar-refractivity contribution in [1.29, 1.82) is 0 Å². The standard InChI is InChI=1S/C27H26N6O2S/c1-18(2)12-14-33-26(30-31-27(33)36-17-25(34)29-24-13-15-35-32-24)21-16-23(19-8-4-3-5-9-19)28-22-11-7-6-10-20(21)22/h3-11,13,15-16,18H,12,14,17H2,1-2H3,(H,29,32,34). The first-order chi connectivity index (χ1) is 17.6. The molecular weight excluding hydrogens is 472 g/mol. The molecule has 3 aromatic heterocycles. The molecule has 5 aromatic rings. The number of para-hydroxylation sites is 1. The highest BCUT2D eigenvalue weighted by Crippen LogP contribution is 2.33. The van der Waals surface area contributed by atoms with E-state index in [0.717, 1.165) is 46.5 Å². The van der Waals surface area contributed by atoms with Crippen LogP contribution in [0.3, 0.4) is 0 Å². The molecular formula is C27H26N6O2S. The van der Waals surface area contributed by atoms with Gasteiger partial charge in [-0.3, -0.25) is 4.79 Å². The summed E-state index contributed by atoms with van der Waals surface area (Å²) in [5, 5.41) is 17.3. The Morgan fingerprint density at radius 3 is 2.64 bits per heavy atom. The third kappa shape index (κ3) is 5.31. The van der Waals surface area contributed by atoms with Gasteiger partial charge in [0.2, 0.25) is 5.91 Å². The van der Waals surface area contributed by atoms with Gasteiger partial charge in [-0.25, -0.2) is 4.98 Å². The van der Waals surface area contributed by atoms with E-state index in [1.54, 1.807) is 6.07 Å². The smallest absolute Gasteiger partial charge is 0.236 e. The van der Waals surface area contributed by atoms with Gasteiger partial charge in [-0.1, -0.05) is 79.3 Å². The third-order valence-corrected chi connectivity index (χ3v) is 6.68. The van der Waals surface area contributed by atoms with Gasteiger partial charge in [0.1, 0.15) is 6.26 Å². The van der Waals surface area contributed by atoms with Crippen LogP contribution >= 0.6 is 11.8 Å². The van der Waals surface area contributed by atoms with Crippen molar-refractivity contribution >= 4 is 34.4 Å². The van der Waals surface area contributed by atoms with Crippen LogP contribution in [-0.2, 0) is 11.3 Å². The fraction of sp³-hybridized carbons (Fsp3) is 0.222. The first kappa shape index (κ1) is 23.7. The molecule has 1 N–H and O–H groups in total. The lowest BCUT2D eigenvalue weighted by Gasteiger charge is -2.14. The molecule has 0 radical (unpaired) electrons. The maximum absolute atomic E-state index is 12.4. The van der Waals surface area contributed by atoms with E-state index >= 15 is 0 Å². The summed E-state index contributed by atoms with van der Waals surface area (Å²) < 4.78 is 6.89. The van der Waals surface area contributed by atoms with Crippen LogP contribution in [0.4, 0.5) is 5.82 Å². The molecule has 0 saturated heterocycles. The molecule has 0 fully saturated rings. The highest BCUT2D eigenvalue weighted by molar-refractivity contribution is 7.99. The van der Waals surface area contributed by atoms with Gasteiger partial charge in [-0.05, 0) is 24.5 Å². The van der Waals surface area contributed by atoms with E-state index in [1.807, 2.05) is 36.4 Å². The van der Waals surface area contributed by atoms with Crippen LogP contribution in [0.5, 0.6) is 0 Å². The fourth-order valence-electron chi connectivity index (χ4n) is 3.89. The zero-order chi connectivity index (χ0) is 24.9. The van der Waals surface area contributed by atoms with Gasteiger partial charge in [-0.15, -0.1) is 10.2 Å². The van der Waals surface area contributed by atoms with Crippen molar-refractivity contribution in [2.24, 2.45) is 5.92 Å². The molecule has 0 aliphatic rings. The summed E-state index contributed by atoms with van der Waals surface area (Å²) in [6.45, 7) is 5.12. The predicted molar refractivity (Wildman–Crippen MR) is 142 cm³/mol. The number of hydrogen-bond acceptors (Lipinski definition) is 7. The number of rotatable bonds is 9. The first-order valence-electron chi connectivity index (χ1n) is 11.8. The molecule has 0 bridgehead atoms. The Labute approximate surface area is 213 Å². The van der Waals surface area contributed by atoms with Crippen molar-refractivity contribution in [1.82, 2.24) is 24.9 Å². The number of thioether (sulfide) groups is 1. The van der Waals surface area contributed by atoms with Gasteiger partial charge in [0.25, 0.3) is 0 Å². The van der Waals surface area contributed by atoms with Gasteiger partial charge in [0, 0.05) is 29.1 Å². The van der Waals surface area contributed by atoms with Crippen LogP contribution < -0.4 is 5.32 Å². The van der Waals surface area contributed by atoms with E-state index in [1.165, 1.54) is 18.0 Å². The van der Waals surface area contributed by atoms with Gasteiger partial charge in [0.05, 0.1) is 17.0 Å². The zero-order valence-electron chi connectivity index (χ0n) is 20.1. The van der Waals surface area contributed by atoms with E-state index in [-0.39, 0.29) is 11.7 Å². The molecule has 0 spiro atoms. The van der Waals surface area contributed by atoms with Gasteiger partial charge in [0.15, 0.2) is 16.8 Å². The van der Waals surface area contributed by atoms with Crippen LogP contribution in [0.25, 0.3) is 33.5 Å². The summed E-state index contributed by atoms with van der Waals surface area (Å²) in [5.74, 6) is 1.65. The number of benzene rings is 2. The number of nitrogens with zero attached hydrogens (tertiary/aromatic N) is 5. The molecule has 5 rings (SSSR count). The molecule has 3 heterocycles. The van der Waals surface area contributed by atoms with Gasteiger partial charge >= 0.3 is 0 Å². The minimum absolute atomic E-state index is 0.180. The lowest BCUT2D eigenvalue weighted by atomic mass is 10.0. The molecule has 0 aliphatic carbocycles. The number of nitrogens with one attached hydrogen (secondary N) is 1. The number of anilines is 1. The maximum Gasteiger partial charge on any atom is 0.236 e. The Morgan fingerprint density at radius 1 is 1.06 bits per heavy atom. The lowest BCUT2D eigenvalue weighted by molar-refractivity contribution is -0.113. The van der Waals surface area contributed by atoms with E-state index in [9.17, 15) is 4.79 Å². The van der Waals surface area contributed by atoms with Crippen molar-refractivity contribution in [3.8, 4) is 22.6 Å². The van der Waals surface area contributed by atoms with Crippen molar-refractivity contribution < 1.29 is 9.32 Å². The molecule has 9 heteroatoms. The van der Waals surface area contributed by atoms with Gasteiger partial charge < -0.3 is 14.4 Å². The van der Waals surface area contributed by atoms with Crippen LogP contribution in [0.15, 0.2) is 82.7 Å². The largest absolute Gasteiger partial charge is 0.363 e. The molecule has 182 valence electrons. The number of fused-ring (bicyclic) bond motifs is 1. The number of aromatic nitrogens is 5. The highest BCUT2D eigenvalue weighted by Gasteiger charge is 2.19. The van der Waals surface area contributed by atoms with E-state index < -0.39 is 0 Å². The third-order valence-electron chi connectivity index (χ3n) is 5.71. The summed E-state index contributed by atoms with van der Waals surface area (Å²) in [6.07, 6.45) is 2.37. The fourth-order valence-corrected chi connectivity index (χ4v) is 4.65. The summed E-state index contributed by atoms with van der Waals surface area (Å²) >= 11 is 1.35. The number of hydrogen-bond donors (Lipinski definition) is 1. The minimum atomic E-state index is -0.186. The second-order valence-electron chi connectivity index (χ2n) is 8.80. The Kier molecular flexibility index (Phi) is 7.08. The zero-order valence-corrected chi connectivity index (χ0v) is 20.9.